The standard InChI is InChI=1S/C8H8O2S/c9-11(10)7-3-1-2-4-8(11)6-5-7/h1-8H/t7-,8+. The Balaban J connectivity index is 2.61. The molecule has 2 aliphatic heterocycles. The third-order valence-corrected chi connectivity index (χ3v) is 4.11. The van der Waals surface area contributed by atoms with Crippen LogP contribution in [-0.4, -0.2) is 18.9 Å². The van der Waals surface area contributed by atoms with Crippen LogP contribution in [0.3, 0.4) is 0 Å². The Hall–Kier alpha value is -0.830. The van der Waals surface area contributed by atoms with Crippen LogP contribution in [0.1, 0.15) is 0 Å². The second-order valence-electron chi connectivity index (χ2n) is 2.67. The largest absolute Gasteiger partial charge is 0.227 e. The van der Waals surface area contributed by atoms with Crippen molar-refractivity contribution in [3.05, 3.63) is 36.5 Å². The average Bonchev–Trinajstić information content (AvgIpc) is 2.00. The maximum Gasteiger partial charge on any atom is 0.170 e. The average molecular weight is 168 g/mol. The highest BCUT2D eigenvalue weighted by Gasteiger charge is 2.33. The molecule has 0 radical (unpaired) electrons. The SMILES string of the molecule is O=S1(=O)[C@@H]2C=CC=C[C@H]1C=C2. The van der Waals surface area contributed by atoms with E-state index in [1.54, 1.807) is 36.5 Å². The van der Waals surface area contributed by atoms with Gasteiger partial charge in [-0.15, -0.1) is 0 Å². The second kappa shape index (κ2) is 2.08. The molecule has 2 atom stereocenters. The zero-order valence-electron chi connectivity index (χ0n) is 5.84. The summed E-state index contributed by atoms with van der Waals surface area (Å²) in [5.74, 6) is 0. The van der Waals surface area contributed by atoms with Gasteiger partial charge >= 0.3 is 0 Å². The molecular formula is C8H8O2S. The Labute approximate surface area is 65.8 Å². The smallest absolute Gasteiger partial charge is 0.170 e. The van der Waals surface area contributed by atoms with Crippen LogP contribution in [0.25, 0.3) is 0 Å². The van der Waals surface area contributed by atoms with Crippen molar-refractivity contribution >= 4 is 9.84 Å². The van der Waals surface area contributed by atoms with Gasteiger partial charge in [0, 0.05) is 0 Å². The summed E-state index contributed by atoms with van der Waals surface area (Å²) in [5, 5.41) is -0.773. The molecule has 0 aromatic heterocycles. The zero-order chi connectivity index (χ0) is 7.90. The summed E-state index contributed by atoms with van der Waals surface area (Å²) in [5.41, 5.74) is 0. The van der Waals surface area contributed by atoms with Gasteiger partial charge in [-0.05, 0) is 0 Å². The van der Waals surface area contributed by atoms with Crippen LogP contribution in [0.2, 0.25) is 0 Å². The molecule has 0 aromatic carbocycles. The highest BCUT2D eigenvalue weighted by molar-refractivity contribution is 7.93. The molecular weight excluding hydrogens is 160 g/mol. The topological polar surface area (TPSA) is 34.1 Å². The Morgan fingerprint density at radius 3 is 1.73 bits per heavy atom. The van der Waals surface area contributed by atoms with Crippen molar-refractivity contribution in [1.82, 2.24) is 0 Å². The zero-order valence-corrected chi connectivity index (χ0v) is 6.66. The summed E-state index contributed by atoms with van der Waals surface area (Å²) in [6, 6.07) is 0. The first-order chi connectivity index (χ1) is 5.21. The van der Waals surface area contributed by atoms with E-state index in [9.17, 15) is 8.42 Å². The Bertz CT molecular complexity index is 318. The second-order valence-corrected chi connectivity index (χ2v) is 4.94. The fourth-order valence-corrected chi connectivity index (χ4v) is 2.92. The lowest BCUT2D eigenvalue weighted by molar-refractivity contribution is 0.595. The highest BCUT2D eigenvalue weighted by Crippen LogP contribution is 2.24. The van der Waals surface area contributed by atoms with E-state index in [0.717, 1.165) is 0 Å². The van der Waals surface area contributed by atoms with Gasteiger partial charge in [0.15, 0.2) is 9.84 Å². The Kier molecular flexibility index (Phi) is 1.29. The lowest BCUT2D eigenvalue weighted by Crippen LogP contribution is -2.19. The monoisotopic (exact) mass is 168 g/mol. The first-order valence-corrected chi connectivity index (χ1v) is 5.08. The molecule has 2 nitrogen and oxygen atoms in total. The fourth-order valence-electron chi connectivity index (χ4n) is 1.31. The molecule has 3 heteroatoms. The summed E-state index contributed by atoms with van der Waals surface area (Å²) in [7, 11) is -2.95. The highest BCUT2D eigenvalue weighted by atomic mass is 32.2. The number of hydrogen-bond donors (Lipinski definition) is 0. The normalized spacial score (nSPS) is 37.5. The molecule has 2 bridgehead atoms. The van der Waals surface area contributed by atoms with Gasteiger partial charge in [-0.25, -0.2) is 8.42 Å². The molecule has 58 valence electrons. The van der Waals surface area contributed by atoms with Crippen molar-refractivity contribution in [1.29, 1.82) is 0 Å². The van der Waals surface area contributed by atoms with Gasteiger partial charge < -0.3 is 0 Å². The van der Waals surface area contributed by atoms with Crippen LogP contribution in [-0.2, 0) is 9.84 Å². The summed E-state index contributed by atoms with van der Waals surface area (Å²) < 4.78 is 22.9. The molecule has 0 spiro atoms. The minimum atomic E-state index is -2.95. The van der Waals surface area contributed by atoms with Crippen molar-refractivity contribution in [2.45, 2.75) is 10.5 Å². The number of hydrogen-bond acceptors (Lipinski definition) is 2. The van der Waals surface area contributed by atoms with E-state index in [1.165, 1.54) is 0 Å². The molecule has 2 heterocycles. The van der Waals surface area contributed by atoms with Crippen LogP contribution in [0.5, 0.6) is 0 Å². The molecule has 0 saturated carbocycles. The molecule has 0 aliphatic carbocycles. The third kappa shape index (κ3) is 0.878. The van der Waals surface area contributed by atoms with Crippen LogP contribution >= 0.6 is 0 Å². The quantitative estimate of drug-likeness (QED) is 0.502. The third-order valence-electron chi connectivity index (χ3n) is 1.96. The van der Waals surface area contributed by atoms with Gasteiger partial charge in [0.05, 0.1) is 10.5 Å². The van der Waals surface area contributed by atoms with Crippen molar-refractivity contribution in [2.75, 3.05) is 0 Å². The van der Waals surface area contributed by atoms with E-state index < -0.39 is 9.84 Å². The van der Waals surface area contributed by atoms with Crippen LogP contribution < -0.4 is 0 Å². The molecule has 0 amide bonds. The predicted molar refractivity (Wildman–Crippen MR) is 43.9 cm³/mol. The van der Waals surface area contributed by atoms with E-state index >= 15 is 0 Å². The number of rotatable bonds is 0. The summed E-state index contributed by atoms with van der Waals surface area (Å²) in [6.07, 6.45) is 10.4. The molecule has 0 N–H and O–H groups in total. The molecule has 2 rings (SSSR count). The van der Waals surface area contributed by atoms with Gasteiger partial charge in [-0.1, -0.05) is 36.5 Å². The Morgan fingerprint density at radius 1 is 0.818 bits per heavy atom. The molecule has 2 aliphatic rings. The van der Waals surface area contributed by atoms with E-state index in [-0.39, 0.29) is 10.5 Å². The molecule has 0 saturated heterocycles. The molecule has 0 fully saturated rings. The van der Waals surface area contributed by atoms with Crippen molar-refractivity contribution < 1.29 is 8.42 Å². The number of fused-ring (bicyclic) bond motifs is 2. The maximum absolute atomic E-state index is 11.4. The van der Waals surface area contributed by atoms with Crippen LogP contribution in [0.15, 0.2) is 36.5 Å². The van der Waals surface area contributed by atoms with Gasteiger partial charge in [-0.2, -0.15) is 0 Å². The fraction of sp³-hybridized carbons (Fsp3) is 0.250. The molecule has 0 aromatic rings. The maximum atomic E-state index is 11.4. The first kappa shape index (κ1) is 6.85. The lowest BCUT2D eigenvalue weighted by atomic mass is 10.2. The van der Waals surface area contributed by atoms with Gasteiger partial charge in [0.25, 0.3) is 0 Å². The minimum absolute atomic E-state index is 0.387. The van der Waals surface area contributed by atoms with E-state index in [1.807, 2.05) is 0 Å². The lowest BCUT2D eigenvalue weighted by Gasteiger charge is -2.04. The van der Waals surface area contributed by atoms with E-state index in [2.05, 4.69) is 0 Å². The number of allylic oxidation sites excluding steroid dienone is 2. The summed E-state index contributed by atoms with van der Waals surface area (Å²) in [6.45, 7) is 0. The Morgan fingerprint density at radius 2 is 1.27 bits per heavy atom. The predicted octanol–water partition coefficient (Wildman–Crippen LogP) is 0.834. The summed E-state index contributed by atoms with van der Waals surface area (Å²) >= 11 is 0. The van der Waals surface area contributed by atoms with E-state index in [4.69, 9.17) is 0 Å². The van der Waals surface area contributed by atoms with Gasteiger partial charge in [-0.3, -0.25) is 0 Å². The van der Waals surface area contributed by atoms with E-state index in [0.29, 0.717) is 0 Å². The van der Waals surface area contributed by atoms with Crippen LogP contribution in [0, 0.1) is 0 Å². The van der Waals surface area contributed by atoms with Crippen molar-refractivity contribution in [3.63, 3.8) is 0 Å². The molecule has 11 heavy (non-hydrogen) atoms. The summed E-state index contributed by atoms with van der Waals surface area (Å²) in [4.78, 5) is 0. The van der Waals surface area contributed by atoms with Crippen molar-refractivity contribution in [3.8, 4) is 0 Å². The van der Waals surface area contributed by atoms with Crippen molar-refractivity contribution in [2.24, 2.45) is 0 Å². The van der Waals surface area contributed by atoms with Gasteiger partial charge in [0.1, 0.15) is 0 Å². The number of sulfone groups is 1. The van der Waals surface area contributed by atoms with Crippen LogP contribution in [0.4, 0.5) is 0 Å². The first-order valence-electron chi connectivity index (χ1n) is 3.47. The molecule has 0 unspecified atom stereocenters. The minimum Gasteiger partial charge on any atom is -0.227 e. The van der Waals surface area contributed by atoms with Gasteiger partial charge in [0.2, 0.25) is 0 Å².